The SMILES string of the molecule is FC(F)=C(F)C(F)(F)OC(C(F)(F)F)(C(F)(F)F)C(F)(F)N(C(F)(F)F)C(F)(F)F. The van der Waals surface area contributed by atoms with Crippen molar-refractivity contribution in [1.29, 1.82) is 0 Å². The molecule has 0 aliphatic rings. The van der Waals surface area contributed by atoms with Gasteiger partial charge in [-0.25, -0.2) is 0 Å². The lowest BCUT2D eigenvalue weighted by molar-refractivity contribution is -0.538. The summed E-state index contributed by atoms with van der Waals surface area (Å²) < 4.78 is 241. The molecule has 21 heteroatoms. The molecule has 180 valence electrons. The van der Waals surface area contributed by atoms with Crippen LogP contribution in [0.2, 0.25) is 0 Å². The maximum atomic E-state index is 13.6. The predicted octanol–water partition coefficient (Wildman–Crippen LogP) is 6.47. The van der Waals surface area contributed by atoms with Crippen molar-refractivity contribution < 1.29 is 88.2 Å². The van der Waals surface area contributed by atoms with Crippen molar-refractivity contribution in [2.75, 3.05) is 0 Å². The van der Waals surface area contributed by atoms with Gasteiger partial charge in [-0.05, 0) is 0 Å². The average Bonchev–Trinajstić information content (AvgIpc) is 2.36. The summed E-state index contributed by atoms with van der Waals surface area (Å²) in [6.45, 7) is 0. The van der Waals surface area contributed by atoms with Crippen LogP contribution in [0.5, 0.6) is 0 Å². The van der Waals surface area contributed by atoms with Crippen molar-refractivity contribution in [2.24, 2.45) is 0 Å². The first-order valence-electron chi connectivity index (χ1n) is 5.92. The molecule has 0 aliphatic heterocycles. The highest BCUT2D eigenvalue weighted by Gasteiger charge is 2.91. The Bertz CT molecular complexity index is 615. The summed E-state index contributed by atoms with van der Waals surface area (Å²) in [4.78, 5) is -4.72. The first-order valence-corrected chi connectivity index (χ1v) is 5.92. The normalized spacial score (nSPS) is 15.6. The van der Waals surface area contributed by atoms with Crippen LogP contribution in [0, 0.1) is 0 Å². The lowest BCUT2D eigenvalue weighted by atomic mass is 9.97. The van der Waals surface area contributed by atoms with E-state index in [1.54, 1.807) is 0 Å². The van der Waals surface area contributed by atoms with Crippen LogP contribution in [0.15, 0.2) is 11.9 Å². The van der Waals surface area contributed by atoms with Crippen molar-refractivity contribution >= 4 is 0 Å². The van der Waals surface area contributed by atoms with Gasteiger partial charge in [-0.15, -0.1) is 0 Å². The highest BCUT2D eigenvalue weighted by Crippen LogP contribution is 2.61. The fourth-order valence-corrected chi connectivity index (χ4v) is 1.65. The van der Waals surface area contributed by atoms with Crippen molar-refractivity contribution in [3.8, 4) is 0 Å². The molecule has 0 N–H and O–H groups in total. The van der Waals surface area contributed by atoms with E-state index in [1.807, 2.05) is 0 Å². The first-order chi connectivity index (χ1) is 12.7. The zero-order valence-electron chi connectivity index (χ0n) is 12.5. The fraction of sp³-hybridized carbons (Fsp3) is 0.778. The average molecular weight is 499 g/mol. The Balaban J connectivity index is 7.46. The van der Waals surface area contributed by atoms with Gasteiger partial charge in [-0.2, -0.15) is 83.4 Å². The van der Waals surface area contributed by atoms with Gasteiger partial charge in [0.05, 0.1) is 0 Å². The molecule has 0 amide bonds. The molecule has 0 aromatic rings. The lowest BCUT2D eigenvalue weighted by Crippen LogP contribution is -2.78. The maximum Gasteiger partial charge on any atom is 0.472 e. The molecular formula is C9F19NO. The number of alkyl halides is 16. The number of halogens is 19. The standard InChI is InChI=1S/C9F19NO/c10-1(2(11)12)3(13,14)30-4(5(15,16)17,6(18,19)20)7(21,22)29(8(23,24)25)9(26,27)28. The van der Waals surface area contributed by atoms with E-state index in [2.05, 4.69) is 0 Å². The zero-order valence-corrected chi connectivity index (χ0v) is 12.5. The molecule has 2 nitrogen and oxygen atoms in total. The third-order valence-electron chi connectivity index (χ3n) is 2.71. The second kappa shape index (κ2) is 7.48. The van der Waals surface area contributed by atoms with E-state index in [9.17, 15) is 83.4 Å². The Morgan fingerprint density at radius 2 is 0.833 bits per heavy atom. The van der Waals surface area contributed by atoms with Crippen molar-refractivity contribution in [2.45, 2.75) is 42.7 Å². The molecule has 0 heterocycles. The number of nitrogens with zero attached hydrogens (tertiary/aromatic N) is 1. The summed E-state index contributed by atoms with van der Waals surface area (Å²) >= 11 is 0. The summed E-state index contributed by atoms with van der Waals surface area (Å²) in [7, 11) is 0. The molecule has 0 atom stereocenters. The highest BCUT2D eigenvalue weighted by molar-refractivity contribution is 5.11. The van der Waals surface area contributed by atoms with Crippen molar-refractivity contribution in [3.05, 3.63) is 11.9 Å². The minimum absolute atomic E-state index is 1.33. The van der Waals surface area contributed by atoms with Crippen LogP contribution >= 0.6 is 0 Å². The molecule has 0 unspecified atom stereocenters. The Morgan fingerprint density at radius 1 is 0.533 bits per heavy atom. The van der Waals surface area contributed by atoms with Crippen LogP contribution in [0.25, 0.3) is 0 Å². The number of hydrogen-bond donors (Lipinski definition) is 0. The van der Waals surface area contributed by atoms with Crippen LogP contribution in [0.3, 0.4) is 0 Å². The molecule has 0 aliphatic carbocycles. The third kappa shape index (κ3) is 4.80. The zero-order chi connectivity index (χ0) is 24.9. The fourth-order valence-electron chi connectivity index (χ4n) is 1.65. The van der Waals surface area contributed by atoms with Gasteiger partial charge in [0.2, 0.25) is 0 Å². The molecular weight excluding hydrogens is 499 g/mol. The Morgan fingerprint density at radius 3 is 1.03 bits per heavy atom. The molecule has 0 aromatic carbocycles. The van der Waals surface area contributed by atoms with Gasteiger partial charge in [-0.3, -0.25) is 4.74 Å². The Hall–Kier alpha value is -1.67. The minimum Gasteiger partial charge on any atom is -0.282 e. The number of rotatable bonds is 5. The van der Waals surface area contributed by atoms with Gasteiger partial charge in [-0.1, -0.05) is 4.90 Å². The molecule has 0 spiro atoms. The molecule has 0 saturated carbocycles. The molecule has 0 aromatic heterocycles. The van der Waals surface area contributed by atoms with Crippen molar-refractivity contribution in [3.63, 3.8) is 0 Å². The van der Waals surface area contributed by atoms with Crippen LogP contribution in [-0.2, 0) is 4.74 Å². The maximum absolute atomic E-state index is 13.6. The smallest absolute Gasteiger partial charge is 0.282 e. The third-order valence-corrected chi connectivity index (χ3v) is 2.71. The van der Waals surface area contributed by atoms with E-state index in [0.717, 1.165) is 0 Å². The summed E-state index contributed by atoms with van der Waals surface area (Å²) in [6, 6.07) is -8.66. The number of hydrogen-bond acceptors (Lipinski definition) is 2. The van der Waals surface area contributed by atoms with Gasteiger partial charge >= 0.3 is 48.8 Å². The van der Waals surface area contributed by atoms with Gasteiger partial charge in [0.25, 0.3) is 5.83 Å². The molecule has 0 radical (unpaired) electrons. The molecule has 0 bridgehead atoms. The van der Waals surface area contributed by atoms with Crippen molar-refractivity contribution in [1.82, 2.24) is 4.90 Å². The number of ether oxygens (including phenoxy) is 1. The van der Waals surface area contributed by atoms with Gasteiger partial charge < -0.3 is 0 Å². The highest BCUT2D eigenvalue weighted by atomic mass is 19.4. The van der Waals surface area contributed by atoms with E-state index in [-0.39, 0.29) is 0 Å². The molecule has 30 heavy (non-hydrogen) atoms. The second-order valence-corrected chi connectivity index (χ2v) is 4.68. The van der Waals surface area contributed by atoms with Gasteiger partial charge in [0, 0.05) is 0 Å². The molecule has 0 saturated heterocycles. The summed E-state index contributed by atoms with van der Waals surface area (Å²) in [5.74, 6) is -4.75. The van der Waals surface area contributed by atoms with E-state index < -0.39 is 59.5 Å². The Labute approximate surface area is 149 Å². The quantitative estimate of drug-likeness (QED) is 0.318. The van der Waals surface area contributed by atoms with Crippen LogP contribution in [-0.4, -0.2) is 47.6 Å². The van der Waals surface area contributed by atoms with Crippen LogP contribution < -0.4 is 0 Å². The monoisotopic (exact) mass is 499 g/mol. The van der Waals surface area contributed by atoms with Crippen LogP contribution in [0.4, 0.5) is 83.4 Å². The lowest BCUT2D eigenvalue weighted by Gasteiger charge is -2.46. The van der Waals surface area contributed by atoms with E-state index >= 15 is 0 Å². The molecule has 0 rings (SSSR count). The van der Waals surface area contributed by atoms with Crippen LogP contribution in [0.1, 0.15) is 0 Å². The van der Waals surface area contributed by atoms with Gasteiger partial charge in [0.15, 0.2) is 0 Å². The second-order valence-electron chi connectivity index (χ2n) is 4.68. The van der Waals surface area contributed by atoms with Gasteiger partial charge in [0.1, 0.15) is 0 Å². The summed E-state index contributed by atoms with van der Waals surface area (Å²) in [5.41, 5.74) is -8.55. The van der Waals surface area contributed by atoms with E-state index in [0.29, 0.717) is 0 Å². The predicted molar refractivity (Wildman–Crippen MR) is 50.1 cm³/mol. The first kappa shape index (κ1) is 28.3. The minimum atomic E-state index is -8.66. The van der Waals surface area contributed by atoms with E-state index in [1.165, 1.54) is 4.74 Å². The topological polar surface area (TPSA) is 12.5 Å². The summed E-state index contributed by atoms with van der Waals surface area (Å²) in [6.07, 6.45) is -44.5. The molecule has 0 fully saturated rings. The summed E-state index contributed by atoms with van der Waals surface area (Å²) in [5, 5.41) is 0. The Kier molecular flexibility index (Phi) is 7.06. The van der Waals surface area contributed by atoms with E-state index in [4.69, 9.17) is 0 Å². The largest absolute Gasteiger partial charge is 0.472 e.